The summed E-state index contributed by atoms with van der Waals surface area (Å²) in [5, 5.41) is 3.55. The Morgan fingerprint density at radius 2 is 1.80 bits per heavy atom. The van der Waals surface area contributed by atoms with Crippen molar-refractivity contribution in [2.45, 2.75) is 26.8 Å². The quantitative estimate of drug-likeness (QED) is 0.822. The number of hydrogen-bond donors (Lipinski definition) is 1. The Kier molecular flexibility index (Phi) is 4.98. The molecule has 0 fully saturated rings. The minimum absolute atomic E-state index is 0.192. The fourth-order valence-corrected chi connectivity index (χ4v) is 2.37. The molecule has 2 rings (SSSR count). The van der Waals surface area contributed by atoms with Crippen molar-refractivity contribution in [3.8, 4) is 11.8 Å². The standard InChI is InChI=1S/C19H21N/c1-4-5-13-20-19(17-9-7-6-8-10-17)18-14-15(2)11-12-16(18)3/h6-12,14,19-20H,13H2,1-3H3. The Hall–Kier alpha value is -2.04. The zero-order chi connectivity index (χ0) is 14.4. The second-order valence-electron chi connectivity index (χ2n) is 5.01. The Labute approximate surface area is 122 Å². The van der Waals surface area contributed by atoms with Gasteiger partial charge in [0, 0.05) is 0 Å². The lowest BCUT2D eigenvalue weighted by Crippen LogP contribution is -2.23. The first-order chi connectivity index (χ1) is 9.72. The van der Waals surface area contributed by atoms with Crippen molar-refractivity contribution in [2.75, 3.05) is 6.54 Å². The van der Waals surface area contributed by atoms with Crippen molar-refractivity contribution in [2.24, 2.45) is 0 Å². The van der Waals surface area contributed by atoms with Crippen LogP contribution in [-0.4, -0.2) is 6.54 Å². The van der Waals surface area contributed by atoms with Crippen LogP contribution >= 0.6 is 0 Å². The van der Waals surface area contributed by atoms with E-state index in [1.165, 1.54) is 22.3 Å². The minimum atomic E-state index is 0.192. The molecule has 0 aliphatic carbocycles. The molecule has 1 atom stereocenters. The molecule has 0 aliphatic rings. The molecule has 2 aromatic rings. The first-order valence-electron chi connectivity index (χ1n) is 6.97. The lowest BCUT2D eigenvalue weighted by atomic mass is 9.93. The third-order valence-electron chi connectivity index (χ3n) is 3.45. The second kappa shape index (κ2) is 6.93. The molecule has 1 N–H and O–H groups in total. The molecular formula is C19H21N. The molecule has 2 aromatic carbocycles. The third-order valence-corrected chi connectivity index (χ3v) is 3.45. The van der Waals surface area contributed by atoms with Crippen LogP contribution < -0.4 is 5.32 Å². The van der Waals surface area contributed by atoms with Crippen LogP contribution in [0, 0.1) is 25.7 Å². The van der Waals surface area contributed by atoms with Gasteiger partial charge in [-0.3, -0.25) is 5.32 Å². The van der Waals surface area contributed by atoms with Gasteiger partial charge in [-0.25, -0.2) is 0 Å². The topological polar surface area (TPSA) is 12.0 Å². The highest BCUT2D eigenvalue weighted by Crippen LogP contribution is 2.25. The number of nitrogens with one attached hydrogen (secondary N) is 1. The molecule has 0 radical (unpaired) electrons. The van der Waals surface area contributed by atoms with E-state index >= 15 is 0 Å². The Bertz CT molecular complexity index is 617. The number of rotatable bonds is 4. The molecule has 0 amide bonds. The van der Waals surface area contributed by atoms with Crippen LogP contribution in [0.5, 0.6) is 0 Å². The maximum atomic E-state index is 3.55. The molecule has 1 nitrogen and oxygen atoms in total. The molecule has 1 heteroatoms. The SMILES string of the molecule is CC#CCNC(c1ccccc1)c1cc(C)ccc1C. The average molecular weight is 263 g/mol. The Morgan fingerprint density at radius 1 is 1.05 bits per heavy atom. The maximum absolute atomic E-state index is 3.55. The second-order valence-corrected chi connectivity index (χ2v) is 5.01. The zero-order valence-corrected chi connectivity index (χ0v) is 12.4. The maximum Gasteiger partial charge on any atom is 0.0586 e. The highest BCUT2D eigenvalue weighted by atomic mass is 14.9. The number of aryl methyl sites for hydroxylation is 2. The first kappa shape index (κ1) is 14.4. The van der Waals surface area contributed by atoms with Crippen LogP contribution in [-0.2, 0) is 0 Å². The van der Waals surface area contributed by atoms with Gasteiger partial charge in [-0.05, 0) is 37.5 Å². The Morgan fingerprint density at radius 3 is 2.50 bits per heavy atom. The molecule has 0 spiro atoms. The van der Waals surface area contributed by atoms with E-state index in [-0.39, 0.29) is 6.04 Å². The predicted molar refractivity (Wildman–Crippen MR) is 85.7 cm³/mol. The predicted octanol–water partition coefficient (Wildman–Crippen LogP) is 4.01. The minimum Gasteiger partial charge on any atom is -0.295 e. The smallest absolute Gasteiger partial charge is 0.0586 e. The summed E-state index contributed by atoms with van der Waals surface area (Å²) in [5.74, 6) is 6.03. The van der Waals surface area contributed by atoms with Gasteiger partial charge in [0.25, 0.3) is 0 Å². The molecule has 0 bridgehead atoms. The van der Waals surface area contributed by atoms with E-state index in [1.807, 2.05) is 6.92 Å². The van der Waals surface area contributed by atoms with Gasteiger partial charge >= 0.3 is 0 Å². The Balaban J connectivity index is 2.39. The molecule has 102 valence electrons. The summed E-state index contributed by atoms with van der Waals surface area (Å²) < 4.78 is 0. The van der Waals surface area contributed by atoms with Gasteiger partial charge in [-0.2, -0.15) is 0 Å². The molecule has 1 unspecified atom stereocenters. The lowest BCUT2D eigenvalue weighted by molar-refractivity contribution is 0.655. The first-order valence-corrected chi connectivity index (χ1v) is 6.97. The summed E-state index contributed by atoms with van der Waals surface area (Å²) in [6, 6.07) is 17.4. The molecule has 0 aliphatic heterocycles. The highest BCUT2D eigenvalue weighted by molar-refractivity contribution is 5.39. The van der Waals surface area contributed by atoms with Crippen LogP contribution in [0.2, 0.25) is 0 Å². The summed E-state index contributed by atoms with van der Waals surface area (Å²) >= 11 is 0. The fourth-order valence-electron chi connectivity index (χ4n) is 2.37. The molecule has 0 saturated carbocycles. The van der Waals surface area contributed by atoms with Gasteiger partial charge in [0.1, 0.15) is 0 Å². The fraction of sp³-hybridized carbons (Fsp3) is 0.263. The van der Waals surface area contributed by atoms with Crippen molar-refractivity contribution in [3.63, 3.8) is 0 Å². The van der Waals surface area contributed by atoms with Crippen LogP contribution in [0.4, 0.5) is 0 Å². The van der Waals surface area contributed by atoms with Gasteiger partial charge in [0.15, 0.2) is 0 Å². The van der Waals surface area contributed by atoms with Crippen LogP contribution in [0.3, 0.4) is 0 Å². The highest BCUT2D eigenvalue weighted by Gasteiger charge is 2.15. The van der Waals surface area contributed by atoms with Gasteiger partial charge in [-0.1, -0.05) is 60.0 Å². The largest absolute Gasteiger partial charge is 0.295 e. The van der Waals surface area contributed by atoms with E-state index < -0.39 is 0 Å². The van der Waals surface area contributed by atoms with Crippen molar-refractivity contribution < 1.29 is 0 Å². The third kappa shape index (κ3) is 3.50. The van der Waals surface area contributed by atoms with Crippen molar-refractivity contribution in [1.29, 1.82) is 0 Å². The van der Waals surface area contributed by atoms with Crippen LogP contribution in [0.1, 0.15) is 35.2 Å². The van der Waals surface area contributed by atoms with E-state index in [2.05, 4.69) is 79.5 Å². The van der Waals surface area contributed by atoms with Gasteiger partial charge < -0.3 is 0 Å². The van der Waals surface area contributed by atoms with Gasteiger partial charge in [0.05, 0.1) is 12.6 Å². The summed E-state index contributed by atoms with van der Waals surface area (Å²) in [7, 11) is 0. The van der Waals surface area contributed by atoms with Crippen LogP contribution in [0.15, 0.2) is 48.5 Å². The van der Waals surface area contributed by atoms with Crippen molar-refractivity contribution in [3.05, 3.63) is 70.8 Å². The molecule has 20 heavy (non-hydrogen) atoms. The number of benzene rings is 2. The van der Waals surface area contributed by atoms with Crippen LogP contribution in [0.25, 0.3) is 0 Å². The molecular weight excluding hydrogens is 242 g/mol. The molecule has 0 heterocycles. The lowest BCUT2D eigenvalue weighted by Gasteiger charge is -2.21. The monoisotopic (exact) mass is 263 g/mol. The summed E-state index contributed by atoms with van der Waals surface area (Å²) in [4.78, 5) is 0. The van der Waals surface area contributed by atoms with Crippen molar-refractivity contribution in [1.82, 2.24) is 5.32 Å². The van der Waals surface area contributed by atoms with Crippen molar-refractivity contribution >= 4 is 0 Å². The zero-order valence-electron chi connectivity index (χ0n) is 12.4. The van der Waals surface area contributed by atoms with Gasteiger partial charge in [-0.15, -0.1) is 5.92 Å². The molecule has 0 saturated heterocycles. The number of hydrogen-bond acceptors (Lipinski definition) is 1. The van der Waals surface area contributed by atoms with E-state index in [0.717, 1.165) is 0 Å². The summed E-state index contributed by atoms with van der Waals surface area (Å²) in [5.41, 5.74) is 5.20. The summed E-state index contributed by atoms with van der Waals surface area (Å²) in [6.07, 6.45) is 0. The molecule has 0 aromatic heterocycles. The van der Waals surface area contributed by atoms with E-state index in [4.69, 9.17) is 0 Å². The van der Waals surface area contributed by atoms with E-state index in [0.29, 0.717) is 6.54 Å². The van der Waals surface area contributed by atoms with E-state index in [1.54, 1.807) is 0 Å². The average Bonchev–Trinajstić information content (AvgIpc) is 2.48. The van der Waals surface area contributed by atoms with E-state index in [9.17, 15) is 0 Å². The summed E-state index contributed by atoms with van der Waals surface area (Å²) in [6.45, 7) is 6.87. The van der Waals surface area contributed by atoms with Gasteiger partial charge in [0.2, 0.25) is 0 Å². The normalized spacial score (nSPS) is 11.6.